The minimum atomic E-state index is -0.277. The lowest BCUT2D eigenvalue weighted by molar-refractivity contribution is -0.116. The molecule has 7 heteroatoms. The number of benzene rings is 2. The van der Waals surface area contributed by atoms with Gasteiger partial charge in [0.2, 0.25) is 5.91 Å². The third kappa shape index (κ3) is 7.32. The molecule has 2 aromatic carbocycles. The van der Waals surface area contributed by atoms with E-state index < -0.39 is 0 Å². The van der Waals surface area contributed by atoms with Gasteiger partial charge >= 0.3 is 0 Å². The quantitative estimate of drug-likeness (QED) is 0.407. The van der Waals surface area contributed by atoms with Crippen molar-refractivity contribution < 1.29 is 13.6 Å². The average Bonchev–Trinajstić information content (AvgIpc) is 2.91. The van der Waals surface area contributed by atoms with Crippen LogP contribution in [0.15, 0.2) is 79.1 Å². The van der Waals surface area contributed by atoms with Crippen molar-refractivity contribution in [3.63, 3.8) is 0 Å². The molecule has 4 rings (SSSR count). The van der Waals surface area contributed by atoms with Gasteiger partial charge in [-0.2, -0.15) is 0 Å². The van der Waals surface area contributed by atoms with Crippen molar-refractivity contribution >= 4 is 12.0 Å². The molecule has 0 unspecified atom stereocenters. The van der Waals surface area contributed by atoms with E-state index in [1.807, 2.05) is 12.1 Å². The summed E-state index contributed by atoms with van der Waals surface area (Å²) < 4.78 is 27.0. The SMILES string of the molecule is O=C(C=Cc1cccnc1)NCC#CCN1CCN(C(c2ccc(F)cc2)c2ccc(F)cc2)CC1. The van der Waals surface area contributed by atoms with E-state index in [-0.39, 0.29) is 30.1 Å². The van der Waals surface area contributed by atoms with Crippen molar-refractivity contribution in [2.24, 2.45) is 0 Å². The van der Waals surface area contributed by atoms with Crippen LogP contribution in [0.25, 0.3) is 6.08 Å². The maximum absolute atomic E-state index is 13.5. The molecule has 1 aliphatic rings. The molecular formula is C29H28F2N4O. The van der Waals surface area contributed by atoms with Gasteiger partial charge in [-0.25, -0.2) is 8.78 Å². The first-order chi connectivity index (χ1) is 17.6. The first-order valence-electron chi connectivity index (χ1n) is 11.9. The molecule has 0 saturated carbocycles. The standard InChI is InChI=1S/C29H28F2N4O/c30-26-10-6-24(7-11-26)29(25-8-12-27(31)13-9-25)35-20-18-34(19-21-35)17-2-1-16-33-28(36)14-5-23-4-3-15-32-22-23/h3-15,22,29H,16-21H2,(H,33,36). The summed E-state index contributed by atoms with van der Waals surface area (Å²) in [5, 5.41) is 2.76. The van der Waals surface area contributed by atoms with Gasteiger partial charge in [-0.05, 0) is 53.1 Å². The summed E-state index contributed by atoms with van der Waals surface area (Å²) in [6.07, 6.45) is 6.55. The third-order valence-electron chi connectivity index (χ3n) is 6.03. The number of halogens is 2. The maximum atomic E-state index is 13.5. The minimum Gasteiger partial charge on any atom is -0.342 e. The second-order valence-corrected chi connectivity index (χ2v) is 8.51. The molecule has 5 nitrogen and oxygen atoms in total. The first kappa shape index (κ1) is 25.2. The monoisotopic (exact) mass is 486 g/mol. The van der Waals surface area contributed by atoms with Gasteiger partial charge in [0.05, 0.1) is 19.1 Å². The zero-order chi connectivity index (χ0) is 25.2. The van der Waals surface area contributed by atoms with Crippen molar-refractivity contribution in [3.8, 4) is 11.8 Å². The number of rotatable bonds is 7. The summed E-state index contributed by atoms with van der Waals surface area (Å²) in [7, 11) is 0. The van der Waals surface area contributed by atoms with Crippen molar-refractivity contribution in [1.29, 1.82) is 0 Å². The Bertz CT molecular complexity index is 1160. The molecule has 0 radical (unpaired) electrons. The van der Waals surface area contributed by atoms with Gasteiger partial charge in [-0.3, -0.25) is 19.6 Å². The highest BCUT2D eigenvalue weighted by molar-refractivity contribution is 5.91. The Hall–Kier alpha value is -3.86. The van der Waals surface area contributed by atoms with Crippen LogP contribution in [0.3, 0.4) is 0 Å². The Labute approximate surface area is 210 Å². The number of carbonyl (C=O) groups excluding carboxylic acids is 1. The van der Waals surface area contributed by atoms with Gasteiger partial charge in [0.15, 0.2) is 0 Å². The molecule has 36 heavy (non-hydrogen) atoms. The maximum Gasteiger partial charge on any atom is 0.244 e. The van der Waals surface area contributed by atoms with E-state index in [0.29, 0.717) is 6.54 Å². The lowest BCUT2D eigenvalue weighted by Gasteiger charge is -2.39. The first-order valence-corrected chi connectivity index (χ1v) is 11.9. The summed E-state index contributed by atoms with van der Waals surface area (Å²) in [6, 6.07) is 16.6. The lowest BCUT2D eigenvalue weighted by Crippen LogP contribution is -2.47. The summed E-state index contributed by atoms with van der Waals surface area (Å²) in [6.45, 7) is 4.16. The van der Waals surface area contributed by atoms with Crippen molar-refractivity contribution in [1.82, 2.24) is 20.1 Å². The molecule has 3 aromatic rings. The predicted molar refractivity (Wildman–Crippen MR) is 137 cm³/mol. The van der Waals surface area contributed by atoms with Crippen LogP contribution >= 0.6 is 0 Å². The van der Waals surface area contributed by atoms with Crippen LogP contribution in [0.4, 0.5) is 8.78 Å². The Morgan fingerprint density at radius 2 is 1.58 bits per heavy atom. The van der Waals surface area contributed by atoms with Gasteiger partial charge in [0.1, 0.15) is 11.6 Å². The molecule has 0 atom stereocenters. The molecule has 1 aliphatic heterocycles. The number of aromatic nitrogens is 1. The summed E-state index contributed by atoms with van der Waals surface area (Å²) in [4.78, 5) is 20.5. The molecular weight excluding hydrogens is 458 g/mol. The summed E-state index contributed by atoms with van der Waals surface area (Å²) >= 11 is 0. The fraction of sp³-hybridized carbons (Fsp3) is 0.241. The van der Waals surface area contributed by atoms with E-state index in [0.717, 1.165) is 42.9 Å². The van der Waals surface area contributed by atoms with Crippen molar-refractivity contribution in [3.05, 3.63) is 107 Å². The number of pyridine rings is 1. The van der Waals surface area contributed by atoms with Crippen LogP contribution in [0.5, 0.6) is 0 Å². The fourth-order valence-electron chi connectivity index (χ4n) is 4.15. The normalized spacial score (nSPS) is 14.5. The molecule has 1 N–H and O–H groups in total. The molecule has 1 amide bonds. The number of hydrogen-bond acceptors (Lipinski definition) is 4. The van der Waals surface area contributed by atoms with E-state index in [4.69, 9.17) is 0 Å². The minimum absolute atomic E-state index is 0.0747. The number of nitrogens with one attached hydrogen (secondary N) is 1. The van der Waals surface area contributed by atoms with Crippen LogP contribution in [0.1, 0.15) is 22.7 Å². The van der Waals surface area contributed by atoms with Crippen molar-refractivity contribution in [2.45, 2.75) is 6.04 Å². The Balaban J connectivity index is 1.27. The van der Waals surface area contributed by atoms with Gasteiger partial charge in [-0.15, -0.1) is 0 Å². The zero-order valence-electron chi connectivity index (χ0n) is 19.9. The molecule has 0 spiro atoms. The Morgan fingerprint density at radius 1 is 0.944 bits per heavy atom. The lowest BCUT2D eigenvalue weighted by atomic mass is 9.96. The molecule has 184 valence electrons. The molecule has 0 aliphatic carbocycles. The molecule has 1 aromatic heterocycles. The van der Waals surface area contributed by atoms with Crippen LogP contribution in [-0.2, 0) is 4.79 Å². The Kier molecular flexibility index (Phi) is 8.92. The van der Waals surface area contributed by atoms with Crippen LogP contribution in [-0.4, -0.2) is 60.0 Å². The van der Waals surface area contributed by atoms with Gasteiger partial charge < -0.3 is 5.32 Å². The number of nitrogens with zero attached hydrogens (tertiary/aromatic N) is 3. The van der Waals surface area contributed by atoms with Crippen LogP contribution < -0.4 is 5.32 Å². The number of amides is 1. The molecule has 1 saturated heterocycles. The van der Waals surface area contributed by atoms with E-state index >= 15 is 0 Å². The highest BCUT2D eigenvalue weighted by Crippen LogP contribution is 2.30. The molecule has 1 fully saturated rings. The fourth-order valence-corrected chi connectivity index (χ4v) is 4.15. The molecule has 0 bridgehead atoms. The Morgan fingerprint density at radius 3 is 2.17 bits per heavy atom. The van der Waals surface area contributed by atoms with Crippen molar-refractivity contribution in [2.75, 3.05) is 39.3 Å². The summed E-state index contributed by atoms with van der Waals surface area (Å²) in [5.41, 5.74) is 2.81. The smallest absolute Gasteiger partial charge is 0.244 e. The summed E-state index contributed by atoms with van der Waals surface area (Å²) in [5.74, 6) is 5.38. The molecule has 2 heterocycles. The van der Waals surface area contributed by atoms with Crippen LogP contribution in [0.2, 0.25) is 0 Å². The number of piperazine rings is 1. The third-order valence-corrected chi connectivity index (χ3v) is 6.03. The van der Waals surface area contributed by atoms with E-state index in [9.17, 15) is 13.6 Å². The van der Waals surface area contributed by atoms with Gasteiger partial charge in [0.25, 0.3) is 0 Å². The average molecular weight is 487 g/mol. The predicted octanol–water partition coefficient (Wildman–Crippen LogP) is 3.90. The van der Waals surface area contributed by atoms with E-state index in [1.54, 1.807) is 42.7 Å². The van der Waals surface area contributed by atoms with E-state index in [1.165, 1.54) is 30.3 Å². The van der Waals surface area contributed by atoms with Crippen LogP contribution in [0, 0.1) is 23.5 Å². The highest BCUT2D eigenvalue weighted by Gasteiger charge is 2.26. The zero-order valence-corrected chi connectivity index (χ0v) is 19.9. The topological polar surface area (TPSA) is 48.5 Å². The highest BCUT2D eigenvalue weighted by atomic mass is 19.1. The number of hydrogen-bond donors (Lipinski definition) is 1. The second kappa shape index (κ2) is 12.7. The van der Waals surface area contributed by atoms with E-state index in [2.05, 4.69) is 31.9 Å². The number of carbonyl (C=O) groups is 1. The van der Waals surface area contributed by atoms with Gasteiger partial charge in [0, 0.05) is 44.6 Å². The largest absolute Gasteiger partial charge is 0.342 e. The van der Waals surface area contributed by atoms with Gasteiger partial charge in [-0.1, -0.05) is 42.2 Å². The second-order valence-electron chi connectivity index (χ2n) is 8.51.